The molecule has 0 aromatic heterocycles. The van der Waals surface area contributed by atoms with Crippen LogP contribution in [0.2, 0.25) is 19.6 Å². The van der Waals surface area contributed by atoms with Gasteiger partial charge in [0.2, 0.25) is 0 Å². The zero-order chi connectivity index (χ0) is 14.5. The van der Waals surface area contributed by atoms with E-state index in [4.69, 9.17) is 0 Å². The molecule has 1 aromatic rings. The van der Waals surface area contributed by atoms with Crippen LogP contribution in [-0.4, -0.2) is 8.07 Å². The molecule has 0 aliphatic carbocycles. The van der Waals surface area contributed by atoms with Crippen molar-refractivity contribution in [1.82, 2.24) is 0 Å². The van der Waals surface area contributed by atoms with Crippen LogP contribution in [0.4, 0.5) is 0 Å². The molecule has 0 radical (unpaired) electrons. The van der Waals surface area contributed by atoms with Gasteiger partial charge in [-0.3, -0.25) is 0 Å². The molecule has 1 rings (SSSR count). The Hall–Kier alpha value is -1.17. The third-order valence-electron chi connectivity index (χ3n) is 2.28. The lowest BCUT2D eigenvalue weighted by Gasteiger charge is -2.09. The highest BCUT2D eigenvalue weighted by Gasteiger charge is 2.09. The zero-order valence-electron chi connectivity index (χ0n) is 12.5. The van der Waals surface area contributed by atoms with Gasteiger partial charge in [-0.15, -0.1) is 5.54 Å². The minimum atomic E-state index is -1.35. The maximum Gasteiger partial charge on any atom is 0.129 e. The quantitative estimate of drug-likeness (QED) is 0.305. The van der Waals surface area contributed by atoms with Crippen LogP contribution in [0.5, 0.6) is 0 Å². The van der Waals surface area contributed by atoms with Crippen molar-refractivity contribution in [2.45, 2.75) is 38.4 Å². The summed E-state index contributed by atoms with van der Waals surface area (Å²) in [6, 6.07) is 10.4. The van der Waals surface area contributed by atoms with Crippen LogP contribution >= 0.6 is 11.8 Å². The number of hydrogen-bond acceptors (Lipinski definition) is 1. The molecule has 0 heterocycles. The molecule has 0 unspecified atom stereocenters. The van der Waals surface area contributed by atoms with Gasteiger partial charge in [0.15, 0.2) is 0 Å². The first-order valence-electron chi connectivity index (χ1n) is 6.42. The summed E-state index contributed by atoms with van der Waals surface area (Å²) >= 11 is 1.75. The molecule has 0 aliphatic rings. The molecule has 0 fully saturated rings. The molecule has 0 saturated carbocycles. The number of benzene rings is 1. The molecule has 0 nitrogen and oxygen atoms in total. The summed E-state index contributed by atoms with van der Waals surface area (Å²) < 4.78 is 0. The molecule has 0 atom stereocenters. The lowest BCUT2D eigenvalue weighted by atomic mass is 10.2. The Morgan fingerprint density at radius 2 is 1.68 bits per heavy atom. The van der Waals surface area contributed by atoms with Gasteiger partial charge in [-0.2, -0.15) is 0 Å². The third-order valence-corrected chi connectivity index (χ3v) is 4.52. The van der Waals surface area contributed by atoms with Crippen LogP contribution in [0.1, 0.15) is 13.8 Å². The van der Waals surface area contributed by atoms with Gasteiger partial charge in [-0.05, 0) is 26.0 Å². The molecule has 0 amide bonds. The van der Waals surface area contributed by atoms with Gasteiger partial charge < -0.3 is 0 Å². The van der Waals surface area contributed by atoms with E-state index >= 15 is 0 Å². The average molecular weight is 287 g/mol. The summed E-state index contributed by atoms with van der Waals surface area (Å²) in [5.74, 6) is 3.26. The summed E-state index contributed by atoms with van der Waals surface area (Å²) in [4.78, 5) is 2.42. The Kier molecular flexibility index (Phi) is 5.72. The van der Waals surface area contributed by atoms with Gasteiger partial charge in [0.05, 0.1) is 0 Å². The van der Waals surface area contributed by atoms with Crippen molar-refractivity contribution >= 4 is 19.8 Å². The lowest BCUT2D eigenvalue weighted by molar-refractivity contribution is 1.36. The number of thioether (sulfide) groups is 1. The van der Waals surface area contributed by atoms with Crippen molar-refractivity contribution < 1.29 is 0 Å². The van der Waals surface area contributed by atoms with Crippen molar-refractivity contribution in [3.8, 4) is 11.5 Å². The molecule has 2 heteroatoms. The molecular formula is C17H22SSi. The van der Waals surface area contributed by atoms with Gasteiger partial charge in [0.1, 0.15) is 8.07 Å². The summed E-state index contributed by atoms with van der Waals surface area (Å²) in [6.45, 7) is 15.1. The first-order valence-corrected chi connectivity index (χ1v) is 10.7. The highest BCUT2D eigenvalue weighted by molar-refractivity contribution is 8.03. The second-order valence-electron chi connectivity index (χ2n) is 5.72. The Morgan fingerprint density at radius 3 is 2.16 bits per heavy atom. The normalized spacial score (nSPS) is 10.4. The highest BCUT2D eigenvalue weighted by atomic mass is 32.2. The van der Waals surface area contributed by atoms with E-state index in [0.717, 1.165) is 5.57 Å². The number of hydrogen-bond donors (Lipinski definition) is 0. The maximum absolute atomic E-state index is 4.15. The van der Waals surface area contributed by atoms with Gasteiger partial charge in [-0.1, -0.05) is 67.7 Å². The monoisotopic (exact) mass is 286 g/mol. The van der Waals surface area contributed by atoms with E-state index in [1.54, 1.807) is 11.8 Å². The van der Waals surface area contributed by atoms with E-state index < -0.39 is 8.07 Å². The van der Waals surface area contributed by atoms with Crippen molar-refractivity contribution in [3.05, 3.63) is 53.0 Å². The van der Waals surface area contributed by atoms with Crippen molar-refractivity contribution in [2.75, 3.05) is 0 Å². The summed E-state index contributed by atoms with van der Waals surface area (Å²) in [7, 11) is -1.35. The molecule has 19 heavy (non-hydrogen) atoms. The summed E-state index contributed by atoms with van der Waals surface area (Å²) in [6.07, 6.45) is 0. The molecule has 0 bridgehead atoms. The smallest absolute Gasteiger partial charge is 0.127 e. The first-order chi connectivity index (χ1) is 8.79. The minimum absolute atomic E-state index is 0.941. The molecule has 0 aliphatic heterocycles. The first kappa shape index (κ1) is 15.9. The summed E-state index contributed by atoms with van der Waals surface area (Å²) in [5.41, 5.74) is 5.59. The van der Waals surface area contributed by atoms with Gasteiger partial charge in [0.25, 0.3) is 0 Å². The number of allylic oxidation sites excluding steroid dienone is 2. The standard InChI is InChI=1S/C17H22SSi/c1-14(2)17(15(3)12-13-19(4,5)6)18-16-10-8-7-9-11-16/h7-11H,3H2,1-2,4-6H3. The third kappa shape index (κ3) is 6.00. The maximum atomic E-state index is 4.15. The van der Waals surface area contributed by atoms with Crippen LogP contribution in [-0.2, 0) is 0 Å². The summed E-state index contributed by atoms with van der Waals surface area (Å²) in [5, 5.41) is 0. The molecule has 0 spiro atoms. The van der Waals surface area contributed by atoms with E-state index in [-0.39, 0.29) is 0 Å². The molecule has 1 aromatic carbocycles. The van der Waals surface area contributed by atoms with E-state index in [2.05, 4.69) is 75.8 Å². The SMILES string of the molecule is C=C(C#C[Si](C)(C)C)C(Sc1ccccc1)=C(C)C. The largest absolute Gasteiger partial charge is 0.129 e. The van der Waals surface area contributed by atoms with Crippen molar-refractivity contribution in [3.63, 3.8) is 0 Å². The van der Waals surface area contributed by atoms with Gasteiger partial charge in [-0.25, -0.2) is 0 Å². The molecule has 100 valence electrons. The Labute approximate surface area is 123 Å². The fraction of sp³-hybridized carbons (Fsp3) is 0.294. The lowest BCUT2D eigenvalue weighted by Crippen LogP contribution is -2.16. The number of rotatable bonds is 3. The second-order valence-corrected chi connectivity index (χ2v) is 11.6. The van der Waals surface area contributed by atoms with Crippen LogP contribution in [0.25, 0.3) is 0 Å². The van der Waals surface area contributed by atoms with Crippen LogP contribution in [0.3, 0.4) is 0 Å². The van der Waals surface area contributed by atoms with E-state index in [0.29, 0.717) is 0 Å². The van der Waals surface area contributed by atoms with Gasteiger partial charge >= 0.3 is 0 Å². The van der Waals surface area contributed by atoms with Crippen molar-refractivity contribution in [2.24, 2.45) is 0 Å². The minimum Gasteiger partial charge on any atom is -0.127 e. The Balaban J connectivity index is 2.95. The van der Waals surface area contributed by atoms with E-state index in [1.807, 2.05) is 6.07 Å². The molecule has 0 N–H and O–H groups in total. The van der Waals surface area contributed by atoms with Crippen molar-refractivity contribution in [1.29, 1.82) is 0 Å². The average Bonchev–Trinajstić information content (AvgIpc) is 2.33. The zero-order valence-corrected chi connectivity index (χ0v) is 14.3. The van der Waals surface area contributed by atoms with Gasteiger partial charge in [0, 0.05) is 15.4 Å². The highest BCUT2D eigenvalue weighted by Crippen LogP contribution is 2.33. The fourth-order valence-electron chi connectivity index (χ4n) is 1.39. The fourth-order valence-corrected chi connectivity index (χ4v) is 2.82. The van der Waals surface area contributed by atoms with E-state index in [1.165, 1.54) is 15.4 Å². The van der Waals surface area contributed by atoms with E-state index in [9.17, 15) is 0 Å². The predicted octanol–water partition coefficient (Wildman–Crippen LogP) is 5.51. The van der Waals surface area contributed by atoms with Crippen LogP contribution in [0, 0.1) is 11.5 Å². The Morgan fingerprint density at radius 1 is 1.11 bits per heavy atom. The second kappa shape index (κ2) is 6.84. The predicted molar refractivity (Wildman–Crippen MR) is 90.9 cm³/mol. The van der Waals surface area contributed by atoms with Crippen LogP contribution < -0.4 is 0 Å². The Bertz CT molecular complexity index is 532. The molecular weight excluding hydrogens is 264 g/mol. The molecule has 0 saturated heterocycles. The topological polar surface area (TPSA) is 0 Å². The van der Waals surface area contributed by atoms with Crippen LogP contribution in [0.15, 0.2) is 57.9 Å².